The molecule has 0 spiro atoms. The quantitative estimate of drug-likeness (QED) is 0.682. The topological polar surface area (TPSA) is 70.4 Å². The highest BCUT2D eigenvalue weighted by molar-refractivity contribution is 5.89. The number of hydrogen-bond donors (Lipinski definition) is 0. The number of carbonyl (C=O) groups excluding carboxylic acids is 1. The standard InChI is InChI=1S/C15H14N2O4/c1-3-21-15(19)10-8-17-7-9-4-5-13(20-2)16-14(9)11(17)6-12(10)18/h4-6,8H,3,7H2,1-2H3. The minimum atomic E-state index is -0.598. The molecule has 6 nitrogen and oxygen atoms in total. The van der Waals surface area contributed by atoms with Gasteiger partial charge in [0.2, 0.25) is 5.88 Å². The first-order valence-electron chi connectivity index (χ1n) is 6.60. The van der Waals surface area contributed by atoms with Crippen LogP contribution in [0.2, 0.25) is 0 Å². The van der Waals surface area contributed by atoms with Crippen molar-refractivity contribution in [3.8, 4) is 17.3 Å². The molecule has 0 saturated heterocycles. The van der Waals surface area contributed by atoms with Gasteiger partial charge in [-0.1, -0.05) is 0 Å². The number of aromatic nitrogens is 2. The maximum absolute atomic E-state index is 12.1. The fourth-order valence-electron chi connectivity index (χ4n) is 2.39. The van der Waals surface area contributed by atoms with E-state index in [0.717, 1.165) is 5.56 Å². The van der Waals surface area contributed by atoms with Gasteiger partial charge in [-0.3, -0.25) is 4.79 Å². The highest BCUT2D eigenvalue weighted by atomic mass is 16.5. The Labute approximate surface area is 121 Å². The molecule has 0 bridgehead atoms. The zero-order valence-corrected chi connectivity index (χ0v) is 11.8. The lowest BCUT2D eigenvalue weighted by molar-refractivity contribution is 0.0524. The van der Waals surface area contributed by atoms with Gasteiger partial charge in [-0.15, -0.1) is 0 Å². The number of esters is 1. The summed E-state index contributed by atoms with van der Waals surface area (Å²) in [7, 11) is 1.54. The number of methoxy groups -OCH3 is 1. The molecule has 2 aromatic heterocycles. The predicted octanol–water partition coefficient (Wildman–Crippen LogP) is 1.46. The smallest absolute Gasteiger partial charge is 0.343 e. The predicted molar refractivity (Wildman–Crippen MR) is 75.5 cm³/mol. The van der Waals surface area contributed by atoms with Gasteiger partial charge in [-0.05, 0) is 18.6 Å². The van der Waals surface area contributed by atoms with Crippen LogP contribution in [0.15, 0.2) is 29.2 Å². The van der Waals surface area contributed by atoms with Crippen LogP contribution in [0, 0.1) is 0 Å². The number of hydrogen-bond acceptors (Lipinski definition) is 5. The minimum Gasteiger partial charge on any atom is -0.481 e. The second kappa shape index (κ2) is 5.05. The van der Waals surface area contributed by atoms with E-state index < -0.39 is 5.97 Å². The molecule has 3 rings (SSSR count). The Balaban J connectivity index is 2.10. The van der Waals surface area contributed by atoms with Crippen LogP contribution in [0.4, 0.5) is 0 Å². The van der Waals surface area contributed by atoms with E-state index in [9.17, 15) is 9.59 Å². The lowest BCUT2D eigenvalue weighted by Gasteiger charge is -2.06. The highest BCUT2D eigenvalue weighted by Gasteiger charge is 2.23. The molecule has 6 heteroatoms. The third-order valence-corrected chi connectivity index (χ3v) is 3.37. The van der Waals surface area contributed by atoms with Crippen LogP contribution < -0.4 is 10.2 Å². The number of fused-ring (bicyclic) bond motifs is 3. The largest absolute Gasteiger partial charge is 0.481 e. The second-order valence-electron chi connectivity index (χ2n) is 4.65. The molecule has 0 N–H and O–H groups in total. The first kappa shape index (κ1) is 13.4. The lowest BCUT2D eigenvalue weighted by Crippen LogP contribution is -2.19. The molecule has 0 aromatic carbocycles. The van der Waals surface area contributed by atoms with Gasteiger partial charge >= 0.3 is 5.97 Å². The molecule has 0 atom stereocenters. The minimum absolute atomic E-state index is 0.0420. The van der Waals surface area contributed by atoms with Crippen LogP contribution >= 0.6 is 0 Å². The molecule has 0 saturated carbocycles. The van der Waals surface area contributed by atoms with E-state index in [2.05, 4.69) is 4.98 Å². The Hall–Kier alpha value is -2.63. The van der Waals surface area contributed by atoms with Gasteiger partial charge in [0.1, 0.15) is 5.56 Å². The molecule has 0 unspecified atom stereocenters. The van der Waals surface area contributed by atoms with Crippen LogP contribution in [0.3, 0.4) is 0 Å². The summed E-state index contributed by atoms with van der Waals surface area (Å²) in [6.07, 6.45) is 1.53. The molecule has 0 radical (unpaired) electrons. The molecular weight excluding hydrogens is 272 g/mol. The zero-order valence-electron chi connectivity index (χ0n) is 11.8. The van der Waals surface area contributed by atoms with Crippen molar-refractivity contribution in [1.29, 1.82) is 0 Å². The number of rotatable bonds is 3. The molecule has 0 aliphatic carbocycles. The Morgan fingerprint density at radius 2 is 2.24 bits per heavy atom. The third kappa shape index (κ3) is 2.18. The Bertz CT molecular complexity index is 780. The van der Waals surface area contributed by atoms with E-state index in [1.807, 2.05) is 10.6 Å². The van der Waals surface area contributed by atoms with E-state index in [1.54, 1.807) is 20.1 Å². The summed E-state index contributed by atoms with van der Waals surface area (Å²) in [5.41, 5.74) is 2.05. The van der Waals surface area contributed by atoms with Gasteiger partial charge in [0.05, 0.1) is 25.1 Å². The summed E-state index contributed by atoms with van der Waals surface area (Å²) in [5.74, 6) is -0.108. The van der Waals surface area contributed by atoms with E-state index in [1.165, 1.54) is 12.3 Å². The SMILES string of the molecule is CCOC(=O)c1cn2c(cc1=O)-c1nc(OC)ccc1C2. The molecule has 2 aromatic rings. The van der Waals surface area contributed by atoms with Crippen molar-refractivity contribution in [2.24, 2.45) is 0 Å². The summed E-state index contributed by atoms with van der Waals surface area (Å²) in [6.45, 7) is 2.50. The molecule has 0 fully saturated rings. The van der Waals surface area contributed by atoms with E-state index in [4.69, 9.17) is 9.47 Å². The maximum atomic E-state index is 12.1. The maximum Gasteiger partial charge on any atom is 0.343 e. The Morgan fingerprint density at radius 1 is 1.43 bits per heavy atom. The average Bonchev–Trinajstić information content (AvgIpc) is 2.83. The van der Waals surface area contributed by atoms with Crippen LogP contribution in [0.25, 0.3) is 11.4 Å². The van der Waals surface area contributed by atoms with Gasteiger partial charge in [0, 0.05) is 24.9 Å². The fraction of sp³-hybridized carbons (Fsp3) is 0.267. The summed E-state index contributed by atoms with van der Waals surface area (Å²) in [5, 5.41) is 0. The van der Waals surface area contributed by atoms with Crippen molar-refractivity contribution in [3.63, 3.8) is 0 Å². The van der Waals surface area contributed by atoms with Gasteiger partial charge in [-0.2, -0.15) is 0 Å². The van der Waals surface area contributed by atoms with Gasteiger partial charge in [0.25, 0.3) is 0 Å². The number of ether oxygens (including phenoxy) is 2. The summed E-state index contributed by atoms with van der Waals surface area (Å²) in [6, 6.07) is 5.10. The molecule has 1 aliphatic rings. The molecule has 21 heavy (non-hydrogen) atoms. The number of pyridine rings is 2. The van der Waals surface area contributed by atoms with Crippen molar-refractivity contribution in [1.82, 2.24) is 9.55 Å². The van der Waals surface area contributed by atoms with Crippen molar-refractivity contribution in [3.05, 3.63) is 45.7 Å². The fourth-order valence-corrected chi connectivity index (χ4v) is 2.39. The van der Waals surface area contributed by atoms with E-state index >= 15 is 0 Å². The van der Waals surface area contributed by atoms with Crippen LogP contribution in [0.1, 0.15) is 22.8 Å². The first-order valence-corrected chi connectivity index (χ1v) is 6.60. The molecule has 0 amide bonds. The summed E-state index contributed by atoms with van der Waals surface area (Å²) < 4.78 is 11.8. The van der Waals surface area contributed by atoms with Gasteiger partial charge in [0.15, 0.2) is 5.43 Å². The van der Waals surface area contributed by atoms with Crippen molar-refractivity contribution in [2.75, 3.05) is 13.7 Å². The van der Waals surface area contributed by atoms with Crippen molar-refractivity contribution in [2.45, 2.75) is 13.5 Å². The van der Waals surface area contributed by atoms with E-state index in [0.29, 0.717) is 23.8 Å². The Kier molecular flexibility index (Phi) is 3.21. The van der Waals surface area contributed by atoms with Crippen molar-refractivity contribution >= 4 is 5.97 Å². The van der Waals surface area contributed by atoms with Crippen LogP contribution in [-0.4, -0.2) is 29.2 Å². The lowest BCUT2D eigenvalue weighted by atomic mass is 10.2. The molecule has 3 heterocycles. The van der Waals surface area contributed by atoms with Gasteiger partial charge < -0.3 is 14.0 Å². The van der Waals surface area contributed by atoms with Gasteiger partial charge in [-0.25, -0.2) is 9.78 Å². The van der Waals surface area contributed by atoms with Crippen LogP contribution in [0.5, 0.6) is 5.88 Å². The summed E-state index contributed by atoms with van der Waals surface area (Å²) in [4.78, 5) is 28.2. The molecule has 108 valence electrons. The average molecular weight is 286 g/mol. The first-order chi connectivity index (χ1) is 10.1. The Morgan fingerprint density at radius 3 is 2.95 bits per heavy atom. The highest BCUT2D eigenvalue weighted by Crippen LogP contribution is 2.30. The summed E-state index contributed by atoms with van der Waals surface area (Å²) >= 11 is 0. The molecular formula is C15H14N2O4. The van der Waals surface area contributed by atoms with Crippen LogP contribution in [-0.2, 0) is 11.3 Å². The van der Waals surface area contributed by atoms with E-state index in [-0.39, 0.29) is 17.6 Å². The normalized spacial score (nSPS) is 11.7. The monoisotopic (exact) mass is 286 g/mol. The third-order valence-electron chi connectivity index (χ3n) is 3.37. The number of carbonyl (C=O) groups is 1. The second-order valence-corrected chi connectivity index (χ2v) is 4.65. The number of nitrogens with zero attached hydrogens (tertiary/aromatic N) is 2. The van der Waals surface area contributed by atoms with Crippen molar-refractivity contribution < 1.29 is 14.3 Å². The molecule has 1 aliphatic heterocycles. The zero-order chi connectivity index (χ0) is 15.0.